The molecule has 0 saturated carbocycles. The highest BCUT2D eigenvalue weighted by molar-refractivity contribution is 5.73. The summed E-state index contributed by atoms with van der Waals surface area (Å²) in [6.07, 6.45) is 2.65. The van der Waals surface area contributed by atoms with Gasteiger partial charge in [-0.25, -0.2) is 0 Å². The summed E-state index contributed by atoms with van der Waals surface area (Å²) in [5, 5.41) is 0. The SMILES string of the molecule is C/C(C=O)=C\N(C)c1ccccc1. The Kier molecular flexibility index (Phi) is 3.26. The van der Waals surface area contributed by atoms with Crippen LogP contribution in [0.3, 0.4) is 0 Å². The number of carbonyl (C=O) groups excluding carboxylic acids is 1. The molecule has 1 aromatic carbocycles. The van der Waals surface area contributed by atoms with Crippen LogP contribution in [0, 0.1) is 0 Å². The van der Waals surface area contributed by atoms with Crippen molar-refractivity contribution in [1.29, 1.82) is 0 Å². The van der Waals surface area contributed by atoms with E-state index in [0.717, 1.165) is 12.0 Å². The molecule has 1 aromatic rings. The first-order valence-corrected chi connectivity index (χ1v) is 4.15. The van der Waals surface area contributed by atoms with Gasteiger partial charge in [0.2, 0.25) is 0 Å². The zero-order chi connectivity index (χ0) is 9.68. The van der Waals surface area contributed by atoms with E-state index >= 15 is 0 Å². The third-order valence-corrected chi connectivity index (χ3v) is 1.75. The quantitative estimate of drug-likeness (QED) is 0.518. The Morgan fingerprint density at radius 2 is 1.92 bits per heavy atom. The number of allylic oxidation sites excluding steroid dienone is 1. The third kappa shape index (κ3) is 2.75. The van der Waals surface area contributed by atoms with E-state index in [2.05, 4.69) is 0 Å². The fourth-order valence-corrected chi connectivity index (χ4v) is 1.07. The Bertz CT molecular complexity index is 303. The molecule has 0 fully saturated rings. The van der Waals surface area contributed by atoms with Crippen molar-refractivity contribution in [1.82, 2.24) is 0 Å². The summed E-state index contributed by atoms with van der Waals surface area (Å²) < 4.78 is 0. The van der Waals surface area contributed by atoms with Gasteiger partial charge in [0.05, 0.1) is 0 Å². The van der Waals surface area contributed by atoms with Gasteiger partial charge in [-0.3, -0.25) is 4.79 Å². The normalized spacial score (nSPS) is 11.1. The lowest BCUT2D eigenvalue weighted by atomic mass is 10.3. The molecule has 1 rings (SSSR count). The molecular weight excluding hydrogens is 162 g/mol. The molecule has 0 aliphatic carbocycles. The maximum atomic E-state index is 10.4. The minimum absolute atomic E-state index is 0.714. The summed E-state index contributed by atoms with van der Waals surface area (Å²) in [6.45, 7) is 1.78. The number of carbonyl (C=O) groups is 1. The average molecular weight is 175 g/mol. The molecule has 2 nitrogen and oxygen atoms in total. The van der Waals surface area contributed by atoms with Crippen molar-refractivity contribution in [2.24, 2.45) is 0 Å². The molecule has 0 aliphatic heterocycles. The molecule has 2 heteroatoms. The van der Waals surface area contributed by atoms with Gasteiger partial charge in [0.15, 0.2) is 0 Å². The number of nitrogens with zero attached hydrogens (tertiary/aromatic N) is 1. The van der Waals surface area contributed by atoms with Crippen molar-refractivity contribution in [3.63, 3.8) is 0 Å². The summed E-state index contributed by atoms with van der Waals surface area (Å²) in [5.74, 6) is 0. The molecule has 0 N–H and O–H groups in total. The predicted molar refractivity (Wildman–Crippen MR) is 54.7 cm³/mol. The van der Waals surface area contributed by atoms with Crippen LogP contribution in [-0.2, 0) is 4.79 Å². The number of rotatable bonds is 3. The standard InChI is InChI=1S/C11H13NO/c1-10(9-13)8-12(2)11-6-4-3-5-7-11/h3-9H,1-2H3/b10-8+. The number of hydrogen-bond donors (Lipinski definition) is 0. The molecule has 0 heterocycles. The van der Waals surface area contributed by atoms with Gasteiger partial charge in [0, 0.05) is 24.5 Å². The summed E-state index contributed by atoms with van der Waals surface area (Å²) in [6, 6.07) is 9.89. The van der Waals surface area contributed by atoms with Crippen molar-refractivity contribution in [3.8, 4) is 0 Å². The predicted octanol–water partition coefficient (Wildman–Crippen LogP) is 2.23. The van der Waals surface area contributed by atoms with E-state index < -0.39 is 0 Å². The highest BCUT2D eigenvalue weighted by Gasteiger charge is 1.95. The van der Waals surface area contributed by atoms with E-state index in [-0.39, 0.29) is 0 Å². The first-order chi connectivity index (χ1) is 6.24. The smallest absolute Gasteiger partial charge is 0.147 e. The molecular formula is C11H13NO. The first-order valence-electron chi connectivity index (χ1n) is 4.15. The second-order valence-electron chi connectivity index (χ2n) is 2.94. The molecule has 0 radical (unpaired) electrons. The topological polar surface area (TPSA) is 20.3 Å². The minimum atomic E-state index is 0.714. The van der Waals surface area contributed by atoms with E-state index in [0.29, 0.717) is 5.57 Å². The molecule has 0 bridgehead atoms. The van der Waals surface area contributed by atoms with E-state index in [1.54, 1.807) is 6.92 Å². The van der Waals surface area contributed by atoms with Crippen molar-refractivity contribution >= 4 is 12.0 Å². The van der Waals surface area contributed by atoms with Gasteiger partial charge in [0.25, 0.3) is 0 Å². The Morgan fingerprint density at radius 3 is 2.46 bits per heavy atom. The molecule has 0 unspecified atom stereocenters. The van der Waals surface area contributed by atoms with Crippen LogP contribution in [-0.4, -0.2) is 13.3 Å². The van der Waals surface area contributed by atoms with Gasteiger partial charge in [-0.15, -0.1) is 0 Å². The molecule has 0 spiro atoms. The van der Waals surface area contributed by atoms with E-state index in [1.807, 2.05) is 48.5 Å². The van der Waals surface area contributed by atoms with E-state index in [9.17, 15) is 4.79 Å². The fraction of sp³-hybridized carbons (Fsp3) is 0.182. The first kappa shape index (κ1) is 9.52. The second-order valence-corrected chi connectivity index (χ2v) is 2.94. The second kappa shape index (κ2) is 4.45. The summed E-state index contributed by atoms with van der Waals surface area (Å²) in [4.78, 5) is 12.3. The largest absolute Gasteiger partial charge is 0.351 e. The Balaban J connectivity index is 2.80. The van der Waals surface area contributed by atoms with Gasteiger partial charge in [-0.05, 0) is 19.1 Å². The number of benzene rings is 1. The minimum Gasteiger partial charge on any atom is -0.351 e. The van der Waals surface area contributed by atoms with Gasteiger partial charge in [0.1, 0.15) is 6.29 Å². The van der Waals surface area contributed by atoms with Gasteiger partial charge in [-0.2, -0.15) is 0 Å². The molecule has 0 saturated heterocycles. The molecule has 0 amide bonds. The van der Waals surface area contributed by atoms with Crippen molar-refractivity contribution in [3.05, 3.63) is 42.1 Å². The van der Waals surface area contributed by atoms with Crippen LogP contribution in [0.4, 0.5) is 5.69 Å². The summed E-state index contributed by atoms with van der Waals surface area (Å²) in [5.41, 5.74) is 1.79. The average Bonchev–Trinajstić information content (AvgIpc) is 2.19. The third-order valence-electron chi connectivity index (χ3n) is 1.75. The molecule has 13 heavy (non-hydrogen) atoms. The van der Waals surface area contributed by atoms with Gasteiger partial charge in [-0.1, -0.05) is 18.2 Å². The van der Waals surface area contributed by atoms with E-state index in [4.69, 9.17) is 0 Å². The Labute approximate surface area is 78.5 Å². The van der Waals surface area contributed by atoms with Gasteiger partial charge >= 0.3 is 0 Å². The van der Waals surface area contributed by atoms with E-state index in [1.165, 1.54) is 0 Å². The van der Waals surface area contributed by atoms with Crippen molar-refractivity contribution < 1.29 is 4.79 Å². The molecule has 0 atom stereocenters. The van der Waals surface area contributed by atoms with Gasteiger partial charge < -0.3 is 4.90 Å². The zero-order valence-electron chi connectivity index (χ0n) is 7.90. The van der Waals surface area contributed by atoms with Crippen molar-refractivity contribution in [2.75, 3.05) is 11.9 Å². The van der Waals surface area contributed by atoms with Crippen LogP contribution >= 0.6 is 0 Å². The lowest BCUT2D eigenvalue weighted by Gasteiger charge is -2.13. The lowest BCUT2D eigenvalue weighted by molar-refractivity contribution is -0.104. The highest BCUT2D eigenvalue weighted by Crippen LogP contribution is 2.11. The number of anilines is 1. The molecule has 68 valence electrons. The Hall–Kier alpha value is -1.57. The van der Waals surface area contributed by atoms with Crippen LogP contribution in [0.2, 0.25) is 0 Å². The number of para-hydroxylation sites is 1. The van der Waals surface area contributed by atoms with Crippen LogP contribution in [0.1, 0.15) is 6.92 Å². The molecule has 0 aromatic heterocycles. The maximum absolute atomic E-state index is 10.4. The number of hydrogen-bond acceptors (Lipinski definition) is 2. The molecule has 0 aliphatic rings. The van der Waals surface area contributed by atoms with Crippen LogP contribution in [0.15, 0.2) is 42.1 Å². The lowest BCUT2D eigenvalue weighted by Crippen LogP contribution is -2.08. The summed E-state index contributed by atoms with van der Waals surface area (Å²) in [7, 11) is 1.92. The fourth-order valence-electron chi connectivity index (χ4n) is 1.07. The zero-order valence-corrected chi connectivity index (χ0v) is 7.90. The highest BCUT2D eigenvalue weighted by atomic mass is 16.1. The van der Waals surface area contributed by atoms with Crippen LogP contribution in [0.5, 0.6) is 0 Å². The van der Waals surface area contributed by atoms with Crippen LogP contribution in [0.25, 0.3) is 0 Å². The maximum Gasteiger partial charge on any atom is 0.147 e. The van der Waals surface area contributed by atoms with Crippen LogP contribution < -0.4 is 4.90 Å². The van der Waals surface area contributed by atoms with Crippen molar-refractivity contribution in [2.45, 2.75) is 6.92 Å². The summed E-state index contributed by atoms with van der Waals surface area (Å²) >= 11 is 0. The monoisotopic (exact) mass is 175 g/mol. The Morgan fingerprint density at radius 1 is 1.31 bits per heavy atom. The number of aldehydes is 1.